The lowest BCUT2D eigenvalue weighted by molar-refractivity contribution is -0.121. The van der Waals surface area contributed by atoms with Gasteiger partial charge in [0.15, 0.2) is 0 Å². The molecule has 2 heterocycles. The van der Waals surface area contributed by atoms with Crippen molar-refractivity contribution in [3.05, 3.63) is 86.8 Å². The van der Waals surface area contributed by atoms with Crippen LogP contribution in [-0.4, -0.2) is 27.7 Å². The molecular formula is C25H23ClN4O4. The Kier molecular flexibility index (Phi) is 6.79. The summed E-state index contributed by atoms with van der Waals surface area (Å²) in [6, 6.07) is 16.2. The summed E-state index contributed by atoms with van der Waals surface area (Å²) in [7, 11) is 1.59. The molecule has 0 bridgehead atoms. The average molecular weight is 479 g/mol. The molecular weight excluding hydrogens is 456 g/mol. The maximum atomic E-state index is 13.3. The van der Waals surface area contributed by atoms with Gasteiger partial charge in [-0.1, -0.05) is 28.9 Å². The zero-order chi connectivity index (χ0) is 24.2. The molecule has 2 aromatic heterocycles. The molecule has 0 saturated heterocycles. The first kappa shape index (κ1) is 23.3. The van der Waals surface area contributed by atoms with Crippen molar-refractivity contribution in [2.45, 2.75) is 26.9 Å². The number of nitrogens with zero attached hydrogens (tertiary/aromatic N) is 3. The molecule has 0 atom stereocenters. The second-order valence-electron chi connectivity index (χ2n) is 7.79. The van der Waals surface area contributed by atoms with E-state index >= 15 is 0 Å². The Hall–Kier alpha value is -3.91. The van der Waals surface area contributed by atoms with Gasteiger partial charge in [-0.2, -0.15) is 4.98 Å². The highest BCUT2D eigenvalue weighted by atomic mass is 35.5. The number of ether oxygens (including phenoxy) is 1. The Balaban J connectivity index is 1.56. The summed E-state index contributed by atoms with van der Waals surface area (Å²) < 4.78 is 12.0. The number of aromatic nitrogens is 3. The molecule has 0 fully saturated rings. The summed E-state index contributed by atoms with van der Waals surface area (Å²) in [5.41, 5.74) is 2.87. The van der Waals surface area contributed by atoms with Gasteiger partial charge in [0.05, 0.1) is 7.11 Å². The van der Waals surface area contributed by atoms with Gasteiger partial charge >= 0.3 is 0 Å². The number of benzene rings is 2. The van der Waals surface area contributed by atoms with Crippen molar-refractivity contribution >= 4 is 17.5 Å². The lowest BCUT2D eigenvalue weighted by Gasteiger charge is -2.13. The predicted molar refractivity (Wildman–Crippen MR) is 129 cm³/mol. The number of hydrogen-bond acceptors (Lipinski definition) is 6. The van der Waals surface area contributed by atoms with Crippen LogP contribution in [0.25, 0.3) is 22.8 Å². The van der Waals surface area contributed by atoms with Crippen LogP contribution >= 0.6 is 11.6 Å². The summed E-state index contributed by atoms with van der Waals surface area (Å²) in [6.07, 6.45) is 0. The van der Waals surface area contributed by atoms with Crippen molar-refractivity contribution in [1.82, 2.24) is 20.0 Å². The number of amides is 1. The van der Waals surface area contributed by atoms with Gasteiger partial charge in [0.25, 0.3) is 11.4 Å². The molecule has 8 nitrogen and oxygen atoms in total. The second-order valence-corrected chi connectivity index (χ2v) is 8.23. The molecule has 4 rings (SSSR count). The summed E-state index contributed by atoms with van der Waals surface area (Å²) in [4.78, 5) is 30.3. The predicted octanol–water partition coefficient (Wildman–Crippen LogP) is 4.16. The fourth-order valence-electron chi connectivity index (χ4n) is 3.57. The van der Waals surface area contributed by atoms with Crippen molar-refractivity contribution in [2.24, 2.45) is 0 Å². The molecule has 0 aliphatic rings. The Morgan fingerprint density at radius 3 is 2.50 bits per heavy atom. The molecule has 1 amide bonds. The van der Waals surface area contributed by atoms with Gasteiger partial charge in [-0.05, 0) is 67.4 Å². The largest absolute Gasteiger partial charge is 0.497 e. The molecule has 2 aromatic carbocycles. The van der Waals surface area contributed by atoms with Gasteiger partial charge in [0.1, 0.15) is 17.9 Å². The number of carbonyl (C=O) groups is 1. The van der Waals surface area contributed by atoms with E-state index in [1.54, 1.807) is 57.4 Å². The number of pyridine rings is 1. The Morgan fingerprint density at radius 1 is 1.12 bits per heavy atom. The van der Waals surface area contributed by atoms with Gasteiger partial charge in [-0.15, -0.1) is 0 Å². The molecule has 34 heavy (non-hydrogen) atoms. The highest BCUT2D eigenvalue weighted by molar-refractivity contribution is 6.30. The third kappa shape index (κ3) is 5.02. The molecule has 174 valence electrons. The van der Waals surface area contributed by atoms with E-state index in [2.05, 4.69) is 15.5 Å². The Morgan fingerprint density at radius 2 is 1.82 bits per heavy atom. The Labute approximate surface area is 201 Å². The zero-order valence-corrected chi connectivity index (χ0v) is 19.7. The van der Waals surface area contributed by atoms with E-state index in [0.717, 1.165) is 11.1 Å². The molecule has 0 aliphatic heterocycles. The third-order valence-electron chi connectivity index (χ3n) is 5.40. The van der Waals surface area contributed by atoms with Crippen LogP contribution < -0.4 is 15.6 Å². The van der Waals surface area contributed by atoms with Crippen LogP contribution in [0.15, 0.2) is 63.9 Å². The second kappa shape index (κ2) is 9.93. The van der Waals surface area contributed by atoms with Crippen molar-refractivity contribution in [2.75, 3.05) is 7.11 Å². The summed E-state index contributed by atoms with van der Waals surface area (Å²) in [5.74, 6) is 0.867. The van der Waals surface area contributed by atoms with Gasteiger partial charge < -0.3 is 19.1 Å². The number of aryl methyl sites for hydroxylation is 2. The highest BCUT2D eigenvalue weighted by Crippen LogP contribution is 2.24. The molecule has 0 aliphatic carbocycles. The normalized spacial score (nSPS) is 10.8. The topological polar surface area (TPSA) is 99.3 Å². The molecule has 0 radical (unpaired) electrons. The van der Waals surface area contributed by atoms with Gasteiger partial charge in [0, 0.05) is 22.8 Å². The van der Waals surface area contributed by atoms with E-state index in [1.807, 2.05) is 18.2 Å². The van der Waals surface area contributed by atoms with Crippen molar-refractivity contribution in [3.8, 4) is 28.6 Å². The smallest absolute Gasteiger partial charge is 0.264 e. The molecule has 0 spiro atoms. The van der Waals surface area contributed by atoms with Crippen molar-refractivity contribution < 1.29 is 14.1 Å². The SMILES string of the molecule is COc1ccc(-c2noc(-c3c(C)cc(C)n(CC(=O)NCc4ccc(Cl)cc4)c3=O)n2)cc1. The minimum atomic E-state index is -0.371. The zero-order valence-electron chi connectivity index (χ0n) is 19.0. The molecule has 9 heteroatoms. The van der Waals surface area contributed by atoms with E-state index in [0.29, 0.717) is 34.4 Å². The minimum Gasteiger partial charge on any atom is -0.497 e. The number of methoxy groups -OCH3 is 1. The first-order valence-electron chi connectivity index (χ1n) is 10.6. The lowest BCUT2D eigenvalue weighted by Crippen LogP contribution is -2.34. The maximum Gasteiger partial charge on any atom is 0.264 e. The fraction of sp³-hybridized carbons (Fsp3) is 0.200. The number of nitrogens with one attached hydrogen (secondary N) is 1. The standard InChI is InChI=1S/C25H23ClN4O4/c1-15-12-16(2)30(14-21(31)27-13-17-4-8-19(26)9-5-17)25(32)22(15)24-28-23(29-34-24)18-6-10-20(33-3)11-7-18/h4-12H,13-14H2,1-3H3,(H,27,31). The molecule has 0 unspecified atom stereocenters. The number of hydrogen-bond donors (Lipinski definition) is 1. The molecule has 4 aromatic rings. The van der Waals surface area contributed by atoms with Crippen LogP contribution in [0.4, 0.5) is 0 Å². The highest BCUT2D eigenvalue weighted by Gasteiger charge is 2.20. The van der Waals surface area contributed by atoms with Crippen LogP contribution in [0.3, 0.4) is 0 Å². The van der Waals surface area contributed by atoms with E-state index in [9.17, 15) is 9.59 Å². The fourth-order valence-corrected chi connectivity index (χ4v) is 3.69. The van der Waals surface area contributed by atoms with E-state index in [-0.39, 0.29) is 29.5 Å². The van der Waals surface area contributed by atoms with Gasteiger partial charge in [0.2, 0.25) is 11.7 Å². The molecule has 0 saturated carbocycles. The van der Waals surface area contributed by atoms with E-state index < -0.39 is 0 Å². The number of carbonyl (C=O) groups excluding carboxylic acids is 1. The van der Waals surface area contributed by atoms with Gasteiger partial charge in [-0.3, -0.25) is 9.59 Å². The first-order chi connectivity index (χ1) is 16.4. The maximum absolute atomic E-state index is 13.3. The van der Waals surface area contributed by atoms with Crippen LogP contribution in [0.2, 0.25) is 5.02 Å². The quantitative estimate of drug-likeness (QED) is 0.428. The van der Waals surface area contributed by atoms with E-state index in [1.165, 1.54) is 4.57 Å². The van der Waals surface area contributed by atoms with Crippen LogP contribution in [-0.2, 0) is 17.9 Å². The Bertz CT molecular complexity index is 1380. The van der Waals surface area contributed by atoms with Crippen molar-refractivity contribution in [1.29, 1.82) is 0 Å². The monoisotopic (exact) mass is 478 g/mol. The van der Waals surface area contributed by atoms with Crippen molar-refractivity contribution in [3.63, 3.8) is 0 Å². The summed E-state index contributed by atoms with van der Waals surface area (Å²) >= 11 is 5.90. The molecule has 1 N–H and O–H groups in total. The number of halogens is 1. The van der Waals surface area contributed by atoms with Gasteiger partial charge in [-0.25, -0.2) is 0 Å². The lowest BCUT2D eigenvalue weighted by atomic mass is 10.1. The summed E-state index contributed by atoms with van der Waals surface area (Å²) in [6.45, 7) is 3.77. The first-order valence-corrected chi connectivity index (χ1v) is 10.9. The van der Waals surface area contributed by atoms with Crippen LogP contribution in [0.5, 0.6) is 5.75 Å². The third-order valence-corrected chi connectivity index (χ3v) is 5.65. The van der Waals surface area contributed by atoms with E-state index in [4.69, 9.17) is 20.9 Å². The van der Waals surface area contributed by atoms with Crippen LogP contribution in [0, 0.1) is 13.8 Å². The van der Waals surface area contributed by atoms with Crippen LogP contribution in [0.1, 0.15) is 16.8 Å². The summed E-state index contributed by atoms with van der Waals surface area (Å²) in [5, 5.41) is 7.47. The average Bonchev–Trinajstić information content (AvgIpc) is 3.31. The number of rotatable bonds is 7. The minimum absolute atomic E-state index is 0.101.